The Hall–Kier alpha value is -3.40. The van der Waals surface area contributed by atoms with E-state index >= 15 is 0 Å². The third kappa shape index (κ3) is 5.08. The van der Waals surface area contributed by atoms with Crippen LogP contribution in [0.2, 0.25) is 0 Å². The standard InChI is InChI=1S/C22H21F2N5O2S/c23-17-6-15(7-18(24)9-17)10-25-19(30)13-29-21(26-27-22(29)32)16-8-20(31)28(12-16)11-14-4-2-1-3-5-14/h1-7,9,16H,8,10-13H2,(H,25,30)(H,27,32). The Morgan fingerprint density at radius 2 is 1.88 bits per heavy atom. The number of amides is 2. The fourth-order valence-corrected chi connectivity index (χ4v) is 4.01. The average molecular weight is 458 g/mol. The molecule has 32 heavy (non-hydrogen) atoms. The number of H-pyrrole nitrogens is 1. The first-order valence-electron chi connectivity index (χ1n) is 10.1. The van der Waals surface area contributed by atoms with Gasteiger partial charge in [-0.1, -0.05) is 30.3 Å². The van der Waals surface area contributed by atoms with Crippen molar-refractivity contribution in [3.05, 3.63) is 81.9 Å². The molecule has 2 aromatic carbocycles. The van der Waals surface area contributed by atoms with Crippen molar-refractivity contribution in [3.8, 4) is 0 Å². The highest BCUT2D eigenvalue weighted by atomic mass is 32.1. The summed E-state index contributed by atoms with van der Waals surface area (Å²) in [5.41, 5.74) is 1.35. The summed E-state index contributed by atoms with van der Waals surface area (Å²) < 4.78 is 28.5. The topological polar surface area (TPSA) is 83.0 Å². The van der Waals surface area contributed by atoms with Crippen LogP contribution in [0.1, 0.15) is 29.3 Å². The SMILES string of the molecule is O=C(Cn1c(C2CC(=O)N(Cc3ccccc3)C2)n[nH]c1=S)NCc1cc(F)cc(F)c1. The number of hydrogen-bond donors (Lipinski definition) is 2. The number of rotatable bonds is 7. The minimum Gasteiger partial charge on any atom is -0.350 e. The summed E-state index contributed by atoms with van der Waals surface area (Å²) in [6, 6.07) is 12.8. The third-order valence-corrected chi connectivity index (χ3v) is 5.61. The lowest BCUT2D eigenvalue weighted by Crippen LogP contribution is -2.29. The van der Waals surface area contributed by atoms with E-state index in [0.29, 0.717) is 24.5 Å². The van der Waals surface area contributed by atoms with Gasteiger partial charge < -0.3 is 10.2 Å². The van der Waals surface area contributed by atoms with E-state index in [9.17, 15) is 18.4 Å². The predicted octanol–water partition coefficient (Wildman–Crippen LogP) is 3.05. The van der Waals surface area contributed by atoms with Gasteiger partial charge in [0.15, 0.2) is 4.77 Å². The molecule has 3 aromatic rings. The van der Waals surface area contributed by atoms with E-state index < -0.39 is 11.6 Å². The highest BCUT2D eigenvalue weighted by Gasteiger charge is 2.34. The van der Waals surface area contributed by atoms with E-state index in [1.165, 1.54) is 0 Å². The second-order valence-corrected chi connectivity index (χ2v) is 8.08. The second-order valence-electron chi connectivity index (χ2n) is 7.69. The first-order chi connectivity index (χ1) is 15.4. The fourth-order valence-electron chi connectivity index (χ4n) is 3.81. The molecule has 2 amide bonds. The zero-order chi connectivity index (χ0) is 22.7. The molecule has 4 rings (SSSR count). The number of aromatic nitrogens is 3. The Morgan fingerprint density at radius 1 is 1.16 bits per heavy atom. The maximum Gasteiger partial charge on any atom is 0.240 e. The highest BCUT2D eigenvalue weighted by molar-refractivity contribution is 7.71. The molecule has 1 saturated heterocycles. The van der Waals surface area contributed by atoms with Crippen molar-refractivity contribution < 1.29 is 18.4 Å². The summed E-state index contributed by atoms with van der Waals surface area (Å²) in [5, 5.41) is 9.58. The summed E-state index contributed by atoms with van der Waals surface area (Å²) in [6.45, 7) is 0.830. The summed E-state index contributed by atoms with van der Waals surface area (Å²) in [4.78, 5) is 26.8. The molecular weight excluding hydrogens is 436 g/mol. The van der Waals surface area contributed by atoms with Crippen molar-refractivity contribution in [2.75, 3.05) is 6.54 Å². The molecule has 2 N–H and O–H groups in total. The molecule has 0 aliphatic carbocycles. The first kappa shape index (κ1) is 21.8. The molecule has 1 unspecified atom stereocenters. The van der Waals surface area contributed by atoms with Crippen LogP contribution in [-0.2, 0) is 29.2 Å². The average Bonchev–Trinajstić information content (AvgIpc) is 3.29. The van der Waals surface area contributed by atoms with Gasteiger partial charge in [0.2, 0.25) is 11.8 Å². The largest absolute Gasteiger partial charge is 0.350 e. The summed E-state index contributed by atoms with van der Waals surface area (Å²) in [6.07, 6.45) is 0.274. The Balaban J connectivity index is 1.41. The quantitative estimate of drug-likeness (QED) is 0.535. The Bertz CT molecular complexity index is 1170. The van der Waals surface area contributed by atoms with Crippen LogP contribution in [0, 0.1) is 16.4 Å². The van der Waals surface area contributed by atoms with E-state index in [-0.39, 0.29) is 42.0 Å². The van der Waals surface area contributed by atoms with E-state index in [2.05, 4.69) is 15.5 Å². The van der Waals surface area contributed by atoms with Crippen LogP contribution < -0.4 is 5.32 Å². The molecule has 10 heteroatoms. The van der Waals surface area contributed by atoms with Gasteiger partial charge >= 0.3 is 0 Å². The number of benzene rings is 2. The van der Waals surface area contributed by atoms with Gasteiger partial charge in [-0.15, -0.1) is 0 Å². The molecule has 1 aromatic heterocycles. The molecule has 1 atom stereocenters. The normalized spacial score (nSPS) is 15.9. The maximum absolute atomic E-state index is 13.3. The molecular formula is C22H21F2N5O2S. The second kappa shape index (κ2) is 9.39. The number of hydrogen-bond acceptors (Lipinski definition) is 4. The van der Waals surface area contributed by atoms with Crippen molar-refractivity contribution in [1.29, 1.82) is 0 Å². The molecule has 7 nitrogen and oxygen atoms in total. The molecule has 1 aliphatic heterocycles. The number of nitrogens with one attached hydrogen (secondary N) is 2. The minimum atomic E-state index is -0.709. The lowest BCUT2D eigenvalue weighted by Gasteiger charge is -2.17. The van der Waals surface area contributed by atoms with Crippen LogP contribution in [0.5, 0.6) is 0 Å². The molecule has 166 valence electrons. The van der Waals surface area contributed by atoms with E-state index in [1.54, 1.807) is 9.47 Å². The number of nitrogens with zero attached hydrogens (tertiary/aromatic N) is 3. The van der Waals surface area contributed by atoms with Crippen molar-refractivity contribution in [1.82, 2.24) is 25.0 Å². The van der Waals surface area contributed by atoms with E-state index in [0.717, 1.165) is 23.8 Å². The lowest BCUT2D eigenvalue weighted by molar-refractivity contribution is -0.128. The van der Waals surface area contributed by atoms with Crippen molar-refractivity contribution in [2.24, 2.45) is 0 Å². The van der Waals surface area contributed by atoms with Gasteiger partial charge in [0.25, 0.3) is 0 Å². The first-order valence-corrected chi connectivity index (χ1v) is 10.5. The van der Waals surface area contributed by atoms with Crippen molar-refractivity contribution in [2.45, 2.75) is 32.0 Å². The Labute approximate surface area is 188 Å². The monoisotopic (exact) mass is 457 g/mol. The highest BCUT2D eigenvalue weighted by Crippen LogP contribution is 2.28. The number of carbonyl (C=O) groups is 2. The van der Waals surface area contributed by atoms with E-state index in [4.69, 9.17) is 12.2 Å². The molecule has 2 heterocycles. The maximum atomic E-state index is 13.3. The summed E-state index contributed by atoms with van der Waals surface area (Å²) in [5.74, 6) is -1.47. The fraction of sp³-hybridized carbons (Fsp3) is 0.273. The van der Waals surface area contributed by atoms with Gasteiger partial charge in [0, 0.05) is 38.0 Å². The van der Waals surface area contributed by atoms with Gasteiger partial charge in [0.1, 0.15) is 24.0 Å². The zero-order valence-corrected chi connectivity index (χ0v) is 17.9. The van der Waals surface area contributed by atoms with Gasteiger partial charge in [-0.25, -0.2) is 8.78 Å². The van der Waals surface area contributed by atoms with Crippen LogP contribution >= 0.6 is 12.2 Å². The molecule has 0 spiro atoms. The van der Waals surface area contributed by atoms with Crippen molar-refractivity contribution >= 4 is 24.0 Å². The summed E-state index contributed by atoms with van der Waals surface area (Å²) >= 11 is 5.27. The molecule has 0 saturated carbocycles. The Morgan fingerprint density at radius 3 is 2.59 bits per heavy atom. The third-order valence-electron chi connectivity index (χ3n) is 5.30. The minimum absolute atomic E-state index is 0.0110. The van der Waals surface area contributed by atoms with Crippen LogP contribution in [-0.4, -0.2) is 38.0 Å². The molecule has 1 aliphatic rings. The Kier molecular flexibility index (Phi) is 6.40. The van der Waals surface area contributed by atoms with Crippen molar-refractivity contribution in [3.63, 3.8) is 0 Å². The molecule has 0 radical (unpaired) electrons. The van der Waals surface area contributed by atoms with Crippen LogP contribution in [0.15, 0.2) is 48.5 Å². The molecule has 0 bridgehead atoms. The smallest absolute Gasteiger partial charge is 0.240 e. The summed E-state index contributed by atoms with van der Waals surface area (Å²) in [7, 11) is 0. The van der Waals surface area contributed by atoms with Gasteiger partial charge in [-0.05, 0) is 35.5 Å². The van der Waals surface area contributed by atoms with Crippen LogP contribution in [0.25, 0.3) is 0 Å². The van der Waals surface area contributed by atoms with Gasteiger partial charge in [-0.2, -0.15) is 5.10 Å². The number of carbonyl (C=O) groups excluding carboxylic acids is 2. The van der Waals surface area contributed by atoms with E-state index in [1.807, 2.05) is 30.3 Å². The number of aromatic amines is 1. The number of likely N-dealkylation sites (tertiary alicyclic amines) is 1. The van der Waals surface area contributed by atoms with Gasteiger partial charge in [-0.3, -0.25) is 19.3 Å². The predicted molar refractivity (Wildman–Crippen MR) is 115 cm³/mol. The van der Waals surface area contributed by atoms with Crippen LogP contribution in [0.3, 0.4) is 0 Å². The van der Waals surface area contributed by atoms with Crippen LogP contribution in [0.4, 0.5) is 8.78 Å². The lowest BCUT2D eigenvalue weighted by atomic mass is 10.1. The number of halogens is 2. The van der Waals surface area contributed by atoms with Gasteiger partial charge in [0.05, 0.1) is 0 Å². The zero-order valence-electron chi connectivity index (χ0n) is 17.1. The molecule has 1 fully saturated rings.